The Bertz CT molecular complexity index is 3240. The highest BCUT2D eigenvalue weighted by atomic mass is 16.3. The van der Waals surface area contributed by atoms with Crippen molar-refractivity contribution in [1.29, 1.82) is 0 Å². The lowest BCUT2D eigenvalue weighted by Gasteiger charge is -2.11. The van der Waals surface area contributed by atoms with E-state index in [2.05, 4.69) is 121 Å². The quantitative estimate of drug-likeness (QED) is 0.171. The van der Waals surface area contributed by atoms with E-state index in [1.165, 1.54) is 0 Å². The standard InChI is InChI=1S/C51H31N3O2/c1-3-13-32(14-4-1)36-17-11-18-37(31-36)51-53-49(34-15-5-2-6-16-34)52-50(54-51)35-27-25-33(26-28-35)38-29-30-40(47-42-20-8-10-23-44(42)56-48(38)47)39-21-12-24-45-46(39)41-19-7-9-22-43(41)55-45/h1-31H. The molecule has 0 spiro atoms. The van der Waals surface area contributed by atoms with E-state index in [0.717, 1.165) is 93.9 Å². The van der Waals surface area contributed by atoms with Crippen LogP contribution >= 0.6 is 0 Å². The molecule has 3 aromatic heterocycles. The van der Waals surface area contributed by atoms with Crippen molar-refractivity contribution in [3.05, 3.63) is 188 Å². The van der Waals surface area contributed by atoms with Crippen LogP contribution in [0.1, 0.15) is 0 Å². The maximum atomic E-state index is 6.71. The van der Waals surface area contributed by atoms with Crippen LogP contribution in [-0.4, -0.2) is 15.0 Å². The fraction of sp³-hybridized carbons (Fsp3) is 0. The van der Waals surface area contributed by atoms with Crippen molar-refractivity contribution in [3.63, 3.8) is 0 Å². The smallest absolute Gasteiger partial charge is 0.164 e. The third-order valence-corrected chi connectivity index (χ3v) is 10.6. The van der Waals surface area contributed by atoms with Gasteiger partial charge >= 0.3 is 0 Å². The SMILES string of the molecule is c1ccc(-c2cccc(-c3nc(-c4ccccc4)nc(-c4ccc(-c5ccc(-c6cccc7oc8ccccc8c67)c6c5oc5ccccc56)cc4)n3)c2)cc1. The van der Waals surface area contributed by atoms with Gasteiger partial charge in [-0.3, -0.25) is 0 Å². The first-order chi connectivity index (χ1) is 27.7. The summed E-state index contributed by atoms with van der Waals surface area (Å²) >= 11 is 0. The average Bonchev–Trinajstić information content (AvgIpc) is 3.86. The van der Waals surface area contributed by atoms with Crippen LogP contribution in [0.3, 0.4) is 0 Å². The summed E-state index contributed by atoms with van der Waals surface area (Å²) in [5, 5.41) is 4.35. The molecule has 11 aromatic rings. The lowest BCUT2D eigenvalue weighted by Crippen LogP contribution is -2.00. The molecule has 0 radical (unpaired) electrons. The normalized spacial score (nSPS) is 11.6. The summed E-state index contributed by atoms with van der Waals surface area (Å²) in [5.41, 5.74) is 12.7. The molecule has 0 bridgehead atoms. The second kappa shape index (κ2) is 13.0. The van der Waals surface area contributed by atoms with Gasteiger partial charge in [0.2, 0.25) is 0 Å². The van der Waals surface area contributed by atoms with Crippen LogP contribution in [0.4, 0.5) is 0 Å². The zero-order valence-electron chi connectivity index (χ0n) is 30.1. The van der Waals surface area contributed by atoms with E-state index in [1.54, 1.807) is 0 Å². The number of aromatic nitrogens is 3. The number of nitrogens with zero attached hydrogens (tertiary/aromatic N) is 3. The Kier molecular flexibility index (Phi) is 7.42. The molecule has 11 rings (SSSR count). The number of benzene rings is 8. The first-order valence-corrected chi connectivity index (χ1v) is 18.7. The summed E-state index contributed by atoms with van der Waals surface area (Å²) in [4.78, 5) is 15.0. The summed E-state index contributed by atoms with van der Waals surface area (Å²) in [6.45, 7) is 0. The Hall–Kier alpha value is -7.63. The highest BCUT2D eigenvalue weighted by molar-refractivity contribution is 6.21. The molecule has 262 valence electrons. The van der Waals surface area contributed by atoms with Crippen molar-refractivity contribution in [2.45, 2.75) is 0 Å². The van der Waals surface area contributed by atoms with Gasteiger partial charge in [-0.15, -0.1) is 0 Å². The molecule has 0 atom stereocenters. The molecule has 8 aromatic carbocycles. The molecule has 0 unspecified atom stereocenters. The van der Waals surface area contributed by atoms with Gasteiger partial charge in [-0.05, 0) is 58.1 Å². The second-order valence-electron chi connectivity index (χ2n) is 13.9. The fourth-order valence-corrected chi connectivity index (χ4v) is 7.90. The van der Waals surface area contributed by atoms with E-state index in [1.807, 2.05) is 66.7 Å². The van der Waals surface area contributed by atoms with E-state index in [4.69, 9.17) is 23.8 Å². The van der Waals surface area contributed by atoms with Crippen LogP contribution in [-0.2, 0) is 0 Å². The maximum absolute atomic E-state index is 6.71. The number of rotatable bonds is 6. The third kappa shape index (κ3) is 5.37. The number of furan rings is 2. The number of hydrogen-bond acceptors (Lipinski definition) is 5. The number of hydrogen-bond donors (Lipinski definition) is 0. The summed E-state index contributed by atoms with van der Waals surface area (Å²) in [6.07, 6.45) is 0. The largest absolute Gasteiger partial charge is 0.456 e. The molecule has 5 heteroatoms. The molecule has 5 nitrogen and oxygen atoms in total. The van der Waals surface area contributed by atoms with Gasteiger partial charge < -0.3 is 8.83 Å². The van der Waals surface area contributed by atoms with Crippen molar-refractivity contribution >= 4 is 43.9 Å². The van der Waals surface area contributed by atoms with E-state index in [0.29, 0.717) is 17.5 Å². The topological polar surface area (TPSA) is 65.0 Å². The van der Waals surface area contributed by atoms with E-state index in [9.17, 15) is 0 Å². The van der Waals surface area contributed by atoms with Crippen molar-refractivity contribution < 1.29 is 8.83 Å². The highest BCUT2D eigenvalue weighted by Crippen LogP contribution is 2.45. The summed E-state index contributed by atoms with van der Waals surface area (Å²) in [7, 11) is 0. The highest BCUT2D eigenvalue weighted by Gasteiger charge is 2.21. The predicted molar refractivity (Wildman–Crippen MR) is 227 cm³/mol. The molecular weight excluding hydrogens is 687 g/mol. The molecule has 0 saturated heterocycles. The molecular formula is C51H31N3O2. The molecule has 56 heavy (non-hydrogen) atoms. The molecule has 0 aliphatic carbocycles. The minimum absolute atomic E-state index is 0.607. The van der Waals surface area contributed by atoms with Gasteiger partial charge in [0.1, 0.15) is 22.3 Å². The van der Waals surface area contributed by atoms with Gasteiger partial charge in [-0.2, -0.15) is 0 Å². The Morgan fingerprint density at radius 2 is 0.768 bits per heavy atom. The molecule has 0 aliphatic heterocycles. The first-order valence-electron chi connectivity index (χ1n) is 18.7. The second-order valence-corrected chi connectivity index (χ2v) is 13.9. The van der Waals surface area contributed by atoms with Gasteiger partial charge in [0.15, 0.2) is 17.5 Å². The summed E-state index contributed by atoms with van der Waals surface area (Å²) in [5.74, 6) is 1.85. The third-order valence-electron chi connectivity index (χ3n) is 10.6. The monoisotopic (exact) mass is 717 g/mol. The van der Waals surface area contributed by atoms with Crippen LogP contribution in [0.5, 0.6) is 0 Å². The van der Waals surface area contributed by atoms with Crippen LogP contribution < -0.4 is 0 Å². The molecule has 0 aliphatic rings. The van der Waals surface area contributed by atoms with Crippen molar-refractivity contribution in [2.75, 3.05) is 0 Å². The Balaban J connectivity index is 1.04. The lowest BCUT2D eigenvalue weighted by atomic mass is 9.92. The Morgan fingerprint density at radius 3 is 1.50 bits per heavy atom. The molecule has 3 heterocycles. The molecule has 0 amide bonds. The maximum Gasteiger partial charge on any atom is 0.164 e. The van der Waals surface area contributed by atoms with Gasteiger partial charge in [0.25, 0.3) is 0 Å². The minimum Gasteiger partial charge on any atom is -0.456 e. The van der Waals surface area contributed by atoms with Gasteiger partial charge in [0.05, 0.1) is 0 Å². The van der Waals surface area contributed by atoms with Crippen LogP contribution in [0.15, 0.2) is 197 Å². The lowest BCUT2D eigenvalue weighted by molar-refractivity contribution is 0.668. The summed E-state index contributed by atoms with van der Waals surface area (Å²) in [6, 6.07) is 64.4. The van der Waals surface area contributed by atoms with Crippen molar-refractivity contribution in [2.24, 2.45) is 0 Å². The average molecular weight is 718 g/mol. The Labute approximate surface area is 322 Å². The predicted octanol–water partition coefficient (Wildman–Crippen LogP) is 13.7. The van der Waals surface area contributed by atoms with Gasteiger partial charge in [-0.25, -0.2) is 15.0 Å². The van der Waals surface area contributed by atoms with E-state index >= 15 is 0 Å². The number of fused-ring (bicyclic) bond motifs is 6. The summed E-state index contributed by atoms with van der Waals surface area (Å²) < 4.78 is 13.0. The van der Waals surface area contributed by atoms with E-state index in [-0.39, 0.29) is 0 Å². The first kappa shape index (κ1) is 31.9. The van der Waals surface area contributed by atoms with Gasteiger partial charge in [0, 0.05) is 43.8 Å². The zero-order valence-corrected chi connectivity index (χ0v) is 30.1. The van der Waals surface area contributed by atoms with Crippen LogP contribution in [0, 0.1) is 0 Å². The number of para-hydroxylation sites is 2. The molecule has 0 fully saturated rings. The minimum atomic E-state index is 0.607. The molecule has 0 saturated carbocycles. The van der Waals surface area contributed by atoms with E-state index < -0.39 is 0 Å². The van der Waals surface area contributed by atoms with Crippen LogP contribution in [0.2, 0.25) is 0 Å². The van der Waals surface area contributed by atoms with Crippen LogP contribution in [0.25, 0.3) is 111 Å². The Morgan fingerprint density at radius 1 is 0.286 bits per heavy atom. The van der Waals surface area contributed by atoms with Crippen molar-refractivity contribution in [1.82, 2.24) is 15.0 Å². The van der Waals surface area contributed by atoms with Crippen molar-refractivity contribution in [3.8, 4) is 67.5 Å². The molecule has 0 N–H and O–H groups in total. The zero-order chi connectivity index (χ0) is 37.0. The van der Waals surface area contributed by atoms with Gasteiger partial charge in [-0.1, -0.05) is 158 Å². The fourth-order valence-electron chi connectivity index (χ4n) is 7.90.